The molecule has 2 aromatic carbocycles. The van der Waals surface area contributed by atoms with Crippen LogP contribution in [-0.2, 0) is 19.4 Å². The van der Waals surface area contributed by atoms with Crippen LogP contribution in [-0.4, -0.2) is 14.1 Å². The van der Waals surface area contributed by atoms with Crippen molar-refractivity contribution in [3.8, 4) is 0 Å². The smallest absolute Gasteiger partial charge is 0.0426 e. The Morgan fingerprint density at radius 1 is 1.00 bits per heavy atom. The van der Waals surface area contributed by atoms with Gasteiger partial charge in [-0.2, -0.15) is 0 Å². The highest BCUT2D eigenvalue weighted by Gasteiger charge is 2.11. The van der Waals surface area contributed by atoms with Crippen molar-refractivity contribution < 1.29 is 0 Å². The van der Waals surface area contributed by atoms with Crippen LogP contribution in [0.4, 0.5) is 11.4 Å². The molecule has 3 rings (SSSR count). The summed E-state index contributed by atoms with van der Waals surface area (Å²) in [6.07, 6.45) is 3.83. The molecule has 0 unspecified atom stereocenters. The molecule has 0 spiro atoms. The predicted molar refractivity (Wildman–Crippen MR) is 86.6 cm³/mol. The van der Waals surface area contributed by atoms with E-state index in [4.69, 9.17) is 0 Å². The van der Waals surface area contributed by atoms with Crippen molar-refractivity contribution in [1.82, 2.24) is 0 Å². The summed E-state index contributed by atoms with van der Waals surface area (Å²) in [7, 11) is 4.10. The Balaban J connectivity index is 1.73. The Kier molecular flexibility index (Phi) is 3.64. The lowest BCUT2D eigenvalue weighted by Gasteiger charge is -2.20. The number of rotatable bonds is 4. The maximum Gasteiger partial charge on any atom is 0.0426 e. The number of nitrogens with zero attached hydrogens (tertiary/aromatic N) is 1. The van der Waals surface area contributed by atoms with Gasteiger partial charge < -0.3 is 10.2 Å². The molecule has 2 aromatic rings. The van der Waals surface area contributed by atoms with E-state index < -0.39 is 0 Å². The topological polar surface area (TPSA) is 15.3 Å². The third kappa shape index (κ3) is 2.64. The van der Waals surface area contributed by atoms with Crippen LogP contribution >= 0.6 is 0 Å². The maximum atomic E-state index is 3.15. The molecule has 0 heterocycles. The lowest BCUT2D eigenvalue weighted by atomic mass is 10.1. The standard InChI is InChI=1S/C18H22N2/c1-19-17-8-10-18(11-9-17)20(2)13-14-6-7-15-4-3-5-16(15)12-14/h6-12,19H,3-5,13H2,1-2H3. The van der Waals surface area contributed by atoms with Crippen molar-refractivity contribution in [2.75, 3.05) is 24.3 Å². The molecule has 0 saturated carbocycles. The number of hydrogen-bond acceptors (Lipinski definition) is 2. The normalized spacial score (nSPS) is 13.1. The second kappa shape index (κ2) is 5.58. The van der Waals surface area contributed by atoms with Gasteiger partial charge in [-0.15, -0.1) is 0 Å². The van der Waals surface area contributed by atoms with E-state index in [1.807, 2.05) is 7.05 Å². The van der Waals surface area contributed by atoms with Gasteiger partial charge in [-0.05, 0) is 60.2 Å². The first-order chi connectivity index (χ1) is 9.76. The quantitative estimate of drug-likeness (QED) is 0.904. The van der Waals surface area contributed by atoms with Gasteiger partial charge in [0, 0.05) is 32.0 Å². The van der Waals surface area contributed by atoms with Crippen molar-refractivity contribution in [1.29, 1.82) is 0 Å². The van der Waals surface area contributed by atoms with Gasteiger partial charge in [0.2, 0.25) is 0 Å². The third-order valence-electron chi connectivity index (χ3n) is 4.18. The molecule has 2 heteroatoms. The summed E-state index contributed by atoms with van der Waals surface area (Å²) in [5.41, 5.74) is 6.92. The molecule has 0 fully saturated rings. The van der Waals surface area contributed by atoms with Crippen LogP contribution in [0.3, 0.4) is 0 Å². The summed E-state index contributed by atoms with van der Waals surface area (Å²) in [5.74, 6) is 0. The van der Waals surface area contributed by atoms with Crippen LogP contribution < -0.4 is 10.2 Å². The van der Waals surface area contributed by atoms with Crippen molar-refractivity contribution in [3.05, 3.63) is 59.2 Å². The minimum atomic E-state index is 0.964. The van der Waals surface area contributed by atoms with Gasteiger partial charge in [-0.25, -0.2) is 0 Å². The van der Waals surface area contributed by atoms with Gasteiger partial charge in [-0.3, -0.25) is 0 Å². The van der Waals surface area contributed by atoms with E-state index in [1.165, 1.54) is 30.5 Å². The first-order valence-corrected chi connectivity index (χ1v) is 7.36. The molecule has 0 bridgehead atoms. The Morgan fingerprint density at radius 3 is 2.50 bits per heavy atom. The number of nitrogens with one attached hydrogen (secondary N) is 1. The fourth-order valence-corrected chi connectivity index (χ4v) is 2.97. The third-order valence-corrected chi connectivity index (χ3v) is 4.18. The first-order valence-electron chi connectivity index (χ1n) is 7.36. The summed E-state index contributed by atoms with van der Waals surface area (Å²) in [5, 5.41) is 3.15. The molecule has 104 valence electrons. The van der Waals surface area contributed by atoms with Gasteiger partial charge in [0.1, 0.15) is 0 Å². The van der Waals surface area contributed by atoms with E-state index in [0.717, 1.165) is 12.2 Å². The second-order valence-corrected chi connectivity index (χ2v) is 5.61. The van der Waals surface area contributed by atoms with Crippen LogP contribution in [0.2, 0.25) is 0 Å². The Labute approximate surface area is 121 Å². The van der Waals surface area contributed by atoms with Crippen molar-refractivity contribution in [3.63, 3.8) is 0 Å². The fraction of sp³-hybridized carbons (Fsp3) is 0.333. The molecule has 2 nitrogen and oxygen atoms in total. The van der Waals surface area contributed by atoms with Crippen LogP contribution in [0.1, 0.15) is 23.1 Å². The van der Waals surface area contributed by atoms with Crippen LogP contribution in [0.25, 0.3) is 0 Å². The van der Waals surface area contributed by atoms with E-state index in [1.54, 1.807) is 11.1 Å². The number of fused-ring (bicyclic) bond motifs is 1. The van der Waals surface area contributed by atoms with Crippen molar-refractivity contribution in [2.45, 2.75) is 25.8 Å². The minimum absolute atomic E-state index is 0.964. The zero-order chi connectivity index (χ0) is 13.9. The minimum Gasteiger partial charge on any atom is -0.388 e. The largest absolute Gasteiger partial charge is 0.388 e. The van der Waals surface area contributed by atoms with Gasteiger partial charge in [-0.1, -0.05) is 18.2 Å². The molecule has 0 aliphatic heterocycles. The molecule has 0 aromatic heterocycles. The second-order valence-electron chi connectivity index (χ2n) is 5.61. The van der Waals surface area contributed by atoms with Gasteiger partial charge in [0.25, 0.3) is 0 Å². The van der Waals surface area contributed by atoms with Crippen LogP contribution in [0.5, 0.6) is 0 Å². The summed E-state index contributed by atoms with van der Waals surface area (Å²) in [6.45, 7) is 0.964. The zero-order valence-electron chi connectivity index (χ0n) is 12.3. The summed E-state index contributed by atoms with van der Waals surface area (Å²) >= 11 is 0. The summed E-state index contributed by atoms with van der Waals surface area (Å²) in [4.78, 5) is 2.30. The molecular weight excluding hydrogens is 244 g/mol. The fourth-order valence-electron chi connectivity index (χ4n) is 2.97. The Morgan fingerprint density at radius 2 is 1.75 bits per heavy atom. The van der Waals surface area contributed by atoms with Gasteiger partial charge in [0.05, 0.1) is 0 Å². The van der Waals surface area contributed by atoms with Crippen LogP contribution in [0.15, 0.2) is 42.5 Å². The van der Waals surface area contributed by atoms with E-state index >= 15 is 0 Å². The average Bonchev–Trinajstić information content (AvgIpc) is 2.95. The Hall–Kier alpha value is -1.96. The van der Waals surface area contributed by atoms with Gasteiger partial charge in [0.15, 0.2) is 0 Å². The van der Waals surface area contributed by atoms with E-state index in [2.05, 4.69) is 59.7 Å². The molecule has 20 heavy (non-hydrogen) atoms. The Bertz CT molecular complexity index is 587. The monoisotopic (exact) mass is 266 g/mol. The predicted octanol–water partition coefficient (Wildman–Crippen LogP) is 3.85. The van der Waals surface area contributed by atoms with Crippen molar-refractivity contribution in [2.24, 2.45) is 0 Å². The first kappa shape index (κ1) is 13.0. The van der Waals surface area contributed by atoms with E-state index in [0.29, 0.717) is 0 Å². The highest BCUT2D eigenvalue weighted by molar-refractivity contribution is 5.54. The number of aryl methyl sites for hydroxylation is 2. The highest BCUT2D eigenvalue weighted by Crippen LogP contribution is 2.24. The number of benzene rings is 2. The number of hydrogen-bond donors (Lipinski definition) is 1. The number of anilines is 2. The van der Waals surface area contributed by atoms with Crippen LogP contribution in [0, 0.1) is 0 Å². The summed E-state index contributed by atoms with van der Waals surface area (Å²) < 4.78 is 0. The molecular formula is C18H22N2. The maximum absolute atomic E-state index is 3.15. The lowest BCUT2D eigenvalue weighted by molar-refractivity contribution is 0.907. The highest BCUT2D eigenvalue weighted by atomic mass is 15.1. The van der Waals surface area contributed by atoms with E-state index in [9.17, 15) is 0 Å². The molecule has 1 N–H and O–H groups in total. The lowest BCUT2D eigenvalue weighted by Crippen LogP contribution is -2.16. The molecule has 1 aliphatic carbocycles. The molecule has 0 saturated heterocycles. The van der Waals surface area contributed by atoms with Gasteiger partial charge >= 0.3 is 0 Å². The summed E-state index contributed by atoms with van der Waals surface area (Å²) in [6, 6.07) is 15.6. The SMILES string of the molecule is CNc1ccc(N(C)Cc2ccc3c(c2)CCC3)cc1. The molecule has 1 aliphatic rings. The molecule has 0 amide bonds. The van der Waals surface area contributed by atoms with E-state index in [-0.39, 0.29) is 0 Å². The zero-order valence-corrected chi connectivity index (χ0v) is 12.3. The molecule has 0 radical (unpaired) electrons. The van der Waals surface area contributed by atoms with Crippen molar-refractivity contribution >= 4 is 11.4 Å². The molecule has 0 atom stereocenters. The average molecular weight is 266 g/mol.